The van der Waals surface area contributed by atoms with Crippen molar-refractivity contribution in [1.82, 2.24) is 19.9 Å². The maximum atomic E-state index is 14.7. The van der Waals surface area contributed by atoms with E-state index in [1.165, 1.54) is 11.1 Å². The lowest BCUT2D eigenvalue weighted by atomic mass is 9.74. The van der Waals surface area contributed by atoms with Crippen molar-refractivity contribution in [2.75, 3.05) is 6.54 Å². The molecule has 2 unspecified atom stereocenters. The predicted molar refractivity (Wildman–Crippen MR) is 151 cm³/mol. The first-order valence-corrected chi connectivity index (χ1v) is 14.2. The minimum absolute atomic E-state index is 0.131. The summed E-state index contributed by atoms with van der Waals surface area (Å²) in [5.41, 5.74) is 4.59. The molecule has 1 aliphatic carbocycles. The molecule has 1 saturated heterocycles. The van der Waals surface area contributed by atoms with Gasteiger partial charge in [-0.25, -0.2) is 4.68 Å². The van der Waals surface area contributed by atoms with Gasteiger partial charge >= 0.3 is 0 Å². The standard InChI is InChI=1S/C32H33ClN4O2/c33-26-15-13-25(14-16-26)30(38)22-36-21-28(34-35-36)29-12-6-7-19-37(29)31(39)32(20-23-8-2-1-3-9-23)18-17-24-10-4-5-11-27(24)32/h1-5,8-11,13-16,21,29-30,38H,6-7,12,17-20,22H2/t29?,30-,32?/m0/s1. The average molecular weight is 541 g/mol. The van der Waals surface area contributed by atoms with Crippen molar-refractivity contribution < 1.29 is 9.90 Å². The van der Waals surface area contributed by atoms with Crippen molar-refractivity contribution >= 4 is 17.5 Å². The van der Waals surface area contributed by atoms with E-state index in [1.54, 1.807) is 16.8 Å². The fourth-order valence-electron chi connectivity index (χ4n) is 6.39. The maximum Gasteiger partial charge on any atom is 0.234 e. The molecule has 2 heterocycles. The number of halogens is 1. The van der Waals surface area contributed by atoms with Crippen LogP contribution in [0, 0.1) is 0 Å². The van der Waals surface area contributed by atoms with E-state index in [2.05, 4.69) is 63.7 Å². The Morgan fingerprint density at radius 3 is 2.62 bits per heavy atom. The van der Waals surface area contributed by atoms with Crippen LogP contribution in [-0.2, 0) is 29.6 Å². The highest BCUT2D eigenvalue weighted by Crippen LogP contribution is 2.45. The van der Waals surface area contributed by atoms with E-state index in [-0.39, 0.29) is 18.5 Å². The first-order valence-electron chi connectivity index (χ1n) is 13.8. The third-order valence-electron chi connectivity index (χ3n) is 8.39. The first-order chi connectivity index (χ1) is 19.0. The lowest BCUT2D eigenvalue weighted by Gasteiger charge is -2.41. The van der Waals surface area contributed by atoms with Crippen LogP contribution >= 0.6 is 11.6 Å². The van der Waals surface area contributed by atoms with Crippen LogP contribution in [-0.4, -0.2) is 37.5 Å². The van der Waals surface area contributed by atoms with Crippen molar-refractivity contribution in [3.8, 4) is 0 Å². The van der Waals surface area contributed by atoms with Gasteiger partial charge < -0.3 is 10.0 Å². The van der Waals surface area contributed by atoms with E-state index in [4.69, 9.17) is 11.6 Å². The highest BCUT2D eigenvalue weighted by atomic mass is 35.5. The van der Waals surface area contributed by atoms with Crippen molar-refractivity contribution in [2.45, 2.75) is 62.6 Å². The molecule has 200 valence electrons. The summed E-state index contributed by atoms with van der Waals surface area (Å²) in [5, 5.41) is 20.2. The molecule has 6 nitrogen and oxygen atoms in total. The molecule has 3 aromatic carbocycles. The van der Waals surface area contributed by atoms with Crippen molar-refractivity contribution in [2.24, 2.45) is 0 Å². The Labute approximate surface area is 234 Å². The Hall–Kier alpha value is -3.48. The molecule has 1 N–H and O–H groups in total. The SMILES string of the molecule is O=C(N1CCCCC1c1cn(C[C@H](O)c2ccc(Cl)cc2)nn1)C1(Cc2ccccc2)CCc2ccccc21. The van der Waals surface area contributed by atoms with Gasteiger partial charge in [0.1, 0.15) is 5.69 Å². The number of likely N-dealkylation sites (tertiary alicyclic amines) is 1. The van der Waals surface area contributed by atoms with Crippen LogP contribution in [0.5, 0.6) is 0 Å². The number of hydrogen-bond donors (Lipinski definition) is 1. The van der Waals surface area contributed by atoms with Crippen molar-refractivity contribution in [3.63, 3.8) is 0 Å². The van der Waals surface area contributed by atoms with Crippen LogP contribution in [0.4, 0.5) is 0 Å². The van der Waals surface area contributed by atoms with E-state index in [0.717, 1.165) is 48.9 Å². The van der Waals surface area contributed by atoms with Crippen LogP contribution in [0.15, 0.2) is 85.1 Å². The van der Waals surface area contributed by atoms with Gasteiger partial charge in [-0.3, -0.25) is 4.79 Å². The molecular formula is C32H33ClN4O2. The fraction of sp³-hybridized carbons (Fsp3) is 0.344. The Morgan fingerprint density at radius 1 is 1.03 bits per heavy atom. The summed E-state index contributed by atoms with van der Waals surface area (Å²) in [6.45, 7) is 0.989. The van der Waals surface area contributed by atoms with Crippen molar-refractivity contribution in [3.05, 3.63) is 118 Å². The van der Waals surface area contributed by atoms with Gasteiger partial charge in [0.2, 0.25) is 5.91 Å². The number of aliphatic hydroxyl groups is 1. The second-order valence-electron chi connectivity index (χ2n) is 10.8. The van der Waals surface area contributed by atoms with Gasteiger partial charge in [0, 0.05) is 11.6 Å². The zero-order valence-corrected chi connectivity index (χ0v) is 22.7. The van der Waals surface area contributed by atoms with Gasteiger partial charge in [-0.05, 0) is 72.9 Å². The lowest BCUT2D eigenvalue weighted by molar-refractivity contribution is -0.141. The van der Waals surface area contributed by atoms with Gasteiger partial charge in [0.15, 0.2) is 0 Å². The third kappa shape index (κ3) is 5.11. The molecule has 1 amide bonds. The van der Waals surface area contributed by atoms with Crippen LogP contribution in [0.3, 0.4) is 0 Å². The molecule has 0 spiro atoms. The van der Waals surface area contributed by atoms with Gasteiger partial charge in [-0.1, -0.05) is 83.5 Å². The summed E-state index contributed by atoms with van der Waals surface area (Å²) in [5.74, 6) is 0.191. The van der Waals surface area contributed by atoms with Gasteiger partial charge in [0.05, 0.1) is 30.3 Å². The fourth-order valence-corrected chi connectivity index (χ4v) is 6.52. The highest BCUT2D eigenvalue weighted by Gasteiger charge is 2.49. The summed E-state index contributed by atoms with van der Waals surface area (Å²) in [6.07, 6.45) is 6.44. The number of hydrogen-bond acceptors (Lipinski definition) is 4. The summed E-state index contributed by atoms with van der Waals surface area (Å²) >= 11 is 5.99. The van der Waals surface area contributed by atoms with Crippen LogP contribution < -0.4 is 0 Å². The maximum absolute atomic E-state index is 14.7. The number of benzene rings is 3. The van der Waals surface area contributed by atoms with Crippen molar-refractivity contribution in [1.29, 1.82) is 0 Å². The number of aryl methyl sites for hydroxylation is 1. The molecular weight excluding hydrogens is 508 g/mol. The molecule has 0 radical (unpaired) electrons. The zero-order chi connectivity index (χ0) is 26.8. The minimum Gasteiger partial charge on any atom is -0.386 e. The van der Waals surface area contributed by atoms with E-state index in [1.807, 2.05) is 24.4 Å². The topological polar surface area (TPSA) is 71.2 Å². The molecule has 1 aromatic heterocycles. The second kappa shape index (κ2) is 10.9. The third-order valence-corrected chi connectivity index (χ3v) is 8.64. The molecule has 7 heteroatoms. The van der Waals surface area contributed by atoms with Gasteiger partial charge in [0.25, 0.3) is 0 Å². The molecule has 0 bridgehead atoms. The highest BCUT2D eigenvalue weighted by molar-refractivity contribution is 6.30. The molecule has 1 fully saturated rings. The lowest BCUT2D eigenvalue weighted by Crippen LogP contribution is -2.50. The number of piperidine rings is 1. The summed E-state index contributed by atoms with van der Waals surface area (Å²) < 4.78 is 1.68. The number of aliphatic hydroxyl groups excluding tert-OH is 1. The molecule has 0 saturated carbocycles. The Kier molecular flexibility index (Phi) is 7.24. The van der Waals surface area contributed by atoms with E-state index >= 15 is 0 Å². The monoisotopic (exact) mass is 540 g/mol. The number of fused-ring (bicyclic) bond motifs is 1. The molecule has 2 aliphatic rings. The zero-order valence-electron chi connectivity index (χ0n) is 21.9. The molecule has 3 atom stereocenters. The largest absolute Gasteiger partial charge is 0.386 e. The van der Waals surface area contributed by atoms with E-state index in [0.29, 0.717) is 18.0 Å². The first kappa shape index (κ1) is 25.8. The number of carbonyl (C=O) groups is 1. The quantitative estimate of drug-likeness (QED) is 0.319. The molecule has 1 aliphatic heterocycles. The summed E-state index contributed by atoms with van der Waals surface area (Å²) in [4.78, 5) is 16.8. The van der Waals surface area contributed by atoms with Crippen LogP contribution in [0.25, 0.3) is 0 Å². The number of rotatable bonds is 7. The average Bonchev–Trinajstić information content (AvgIpc) is 3.59. The van der Waals surface area contributed by atoms with Gasteiger partial charge in [-0.15, -0.1) is 5.10 Å². The van der Waals surface area contributed by atoms with E-state index in [9.17, 15) is 9.90 Å². The predicted octanol–water partition coefficient (Wildman–Crippen LogP) is 5.85. The Morgan fingerprint density at radius 2 is 1.79 bits per heavy atom. The Bertz CT molecular complexity index is 1440. The molecule has 39 heavy (non-hydrogen) atoms. The minimum atomic E-state index is -0.731. The second-order valence-corrected chi connectivity index (χ2v) is 11.3. The number of nitrogens with zero attached hydrogens (tertiary/aromatic N) is 4. The van der Waals surface area contributed by atoms with Gasteiger partial charge in [-0.2, -0.15) is 0 Å². The Balaban J connectivity index is 1.28. The smallest absolute Gasteiger partial charge is 0.234 e. The number of aromatic nitrogens is 3. The summed E-state index contributed by atoms with van der Waals surface area (Å²) in [7, 11) is 0. The molecule has 6 rings (SSSR count). The summed E-state index contributed by atoms with van der Waals surface area (Å²) in [6, 6.07) is 25.9. The number of carbonyl (C=O) groups excluding carboxylic acids is 1. The molecule has 4 aromatic rings. The van der Waals surface area contributed by atoms with E-state index < -0.39 is 11.5 Å². The van der Waals surface area contributed by atoms with Crippen LogP contribution in [0.2, 0.25) is 5.02 Å². The normalized spacial score (nSPS) is 21.5. The number of amides is 1. The van der Waals surface area contributed by atoms with Crippen LogP contribution in [0.1, 0.15) is 65.8 Å².